The maximum absolute atomic E-state index is 14.7. The number of phenolic OH excluding ortho intramolecular Hbond substituents is 1. The van der Waals surface area contributed by atoms with Gasteiger partial charge in [-0.05, 0) is 45.6 Å². The minimum Gasteiger partial charge on any atom is -0.508 e. The van der Waals surface area contributed by atoms with Crippen LogP contribution in [-0.2, 0) is 0 Å². The Morgan fingerprint density at radius 3 is 2.79 bits per heavy atom. The van der Waals surface area contributed by atoms with Gasteiger partial charge in [-0.1, -0.05) is 0 Å². The van der Waals surface area contributed by atoms with Crippen molar-refractivity contribution in [1.29, 1.82) is 5.26 Å². The standard InChI is InChI=1S/C24H25FN6O2/c1-13-21-22(19-6-7-20(33-19)31-9-8-14(12-31)30(2)3)17(11-26)23(27-24(21)29-28-13)16-5-4-15(32)10-18(16)25/h4-7,10,14,21-22,32H,8-9,12H2,1-3H3,(H,27,29). The number of aliphatic imine (C=N–C) groups is 1. The van der Waals surface area contributed by atoms with Crippen molar-refractivity contribution in [1.82, 2.24) is 10.3 Å². The number of furan rings is 1. The van der Waals surface area contributed by atoms with Crippen LogP contribution in [0.25, 0.3) is 5.70 Å². The van der Waals surface area contributed by atoms with E-state index in [9.17, 15) is 14.8 Å². The minimum atomic E-state index is -0.651. The topological polar surface area (TPSA) is 100 Å². The zero-order chi connectivity index (χ0) is 23.3. The fourth-order valence-corrected chi connectivity index (χ4v) is 4.84. The second-order valence-corrected chi connectivity index (χ2v) is 8.88. The van der Waals surface area contributed by atoms with Crippen LogP contribution in [-0.4, -0.2) is 54.8 Å². The molecule has 1 aromatic heterocycles. The fourth-order valence-electron chi connectivity index (χ4n) is 4.84. The van der Waals surface area contributed by atoms with Crippen LogP contribution in [0.5, 0.6) is 5.75 Å². The number of allylic oxidation sites excluding steroid dienone is 1. The van der Waals surface area contributed by atoms with E-state index in [0.29, 0.717) is 23.2 Å². The molecule has 1 aromatic carbocycles. The van der Waals surface area contributed by atoms with Gasteiger partial charge in [-0.3, -0.25) is 5.43 Å². The Labute approximate surface area is 191 Å². The Balaban J connectivity index is 1.57. The van der Waals surface area contributed by atoms with Crippen molar-refractivity contribution in [3.63, 3.8) is 0 Å². The number of phenols is 1. The van der Waals surface area contributed by atoms with E-state index in [2.05, 4.69) is 45.5 Å². The molecule has 9 heteroatoms. The maximum atomic E-state index is 14.7. The summed E-state index contributed by atoms with van der Waals surface area (Å²) in [6.07, 6.45) is 1.05. The van der Waals surface area contributed by atoms with Crippen molar-refractivity contribution >= 4 is 23.1 Å². The Morgan fingerprint density at radius 1 is 1.27 bits per heavy atom. The number of nitrogens with one attached hydrogen (secondary N) is 1. The summed E-state index contributed by atoms with van der Waals surface area (Å²) in [6, 6.07) is 10.4. The smallest absolute Gasteiger partial charge is 0.195 e. The van der Waals surface area contributed by atoms with Gasteiger partial charge in [-0.2, -0.15) is 10.4 Å². The average molecular weight is 449 g/mol. The van der Waals surface area contributed by atoms with Gasteiger partial charge in [0.25, 0.3) is 0 Å². The SMILES string of the molecule is CC1=NNC2=NC(c3ccc(O)cc3F)=C(C#N)C(c3ccc(N4CCC(N(C)C)C4)o3)C12. The minimum absolute atomic E-state index is 0.145. The molecule has 0 radical (unpaired) electrons. The Bertz CT molecular complexity index is 1240. The zero-order valence-electron chi connectivity index (χ0n) is 18.7. The van der Waals surface area contributed by atoms with E-state index >= 15 is 0 Å². The van der Waals surface area contributed by atoms with E-state index in [4.69, 9.17) is 4.42 Å². The van der Waals surface area contributed by atoms with Gasteiger partial charge in [0.05, 0.1) is 29.2 Å². The van der Waals surface area contributed by atoms with Crippen LogP contribution in [0.4, 0.5) is 10.3 Å². The Hall–Kier alpha value is -3.64. The van der Waals surface area contributed by atoms with E-state index in [-0.39, 0.29) is 22.9 Å². The van der Waals surface area contributed by atoms with E-state index < -0.39 is 11.7 Å². The summed E-state index contributed by atoms with van der Waals surface area (Å²) in [7, 11) is 4.15. The number of fused-ring (bicyclic) bond motifs is 1. The molecule has 3 unspecified atom stereocenters. The molecule has 2 aromatic rings. The summed E-state index contributed by atoms with van der Waals surface area (Å²) in [5.74, 6) is 0.285. The van der Waals surface area contributed by atoms with E-state index in [0.717, 1.165) is 37.2 Å². The van der Waals surface area contributed by atoms with Crippen LogP contribution < -0.4 is 10.3 Å². The lowest BCUT2D eigenvalue weighted by molar-refractivity contribution is 0.314. The molecular formula is C24H25FN6O2. The summed E-state index contributed by atoms with van der Waals surface area (Å²) in [5, 5.41) is 24.1. The number of nitriles is 1. The molecule has 1 fully saturated rings. The predicted octanol–water partition coefficient (Wildman–Crippen LogP) is 3.29. The normalized spacial score (nSPS) is 24.5. The highest BCUT2D eigenvalue weighted by Crippen LogP contribution is 2.45. The third-order valence-corrected chi connectivity index (χ3v) is 6.68. The molecule has 0 amide bonds. The highest BCUT2D eigenvalue weighted by atomic mass is 19.1. The first-order valence-electron chi connectivity index (χ1n) is 10.9. The molecule has 33 heavy (non-hydrogen) atoms. The number of rotatable bonds is 4. The number of hydrazone groups is 1. The molecule has 2 N–H and O–H groups in total. The van der Waals surface area contributed by atoms with Crippen LogP contribution >= 0.6 is 0 Å². The van der Waals surface area contributed by atoms with Crippen LogP contribution in [0.3, 0.4) is 0 Å². The lowest BCUT2D eigenvalue weighted by Crippen LogP contribution is -2.33. The fraction of sp³-hybridized carbons (Fsp3) is 0.375. The van der Waals surface area contributed by atoms with Crippen molar-refractivity contribution in [2.45, 2.75) is 25.3 Å². The molecule has 3 aliphatic rings. The van der Waals surface area contributed by atoms with Gasteiger partial charge >= 0.3 is 0 Å². The number of nitrogens with zero attached hydrogens (tertiary/aromatic N) is 5. The number of hydrogen-bond donors (Lipinski definition) is 2. The van der Waals surface area contributed by atoms with Gasteiger partial charge in [0.1, 0.15) is 23.2 Å². The molecule has 0 spiro atoms. The van der Waals surface area contributed by atoms with Crippen LogP contribution in [0, 0.1) is 23.1 Å². The van der Waals surface area contributed by atoms with Gasteiger partial charge in [0.15, 0.2) is 5.88 Å². The van der Waals surface area contributed by atoms with Gasteiger partial charge in [0, 0.05) is 42.5 Å². The van der Waals surface area contributed by atoms with Crippen molar-refractivity contribution in [2.75, 3.05) is 32.1 Å². The summed E-state index contributed by atoms with van der Waals surface area (Å²) >= 11 is 0. The van der Waals surface area contributed by atoms with E-state index in [1.807, 2.05) is 19.1 Å². The monoisotopic (exact) mass is 448 g/mol. The predicted molar refractivity (Wildman–Crippen MR) is 124 cm³/mol. The highest BCUT2D eigenvalue weighted by Gasteiger charge is 2.43. The molecule has 170 valence electrons. The first-order chi connectivity index (χ1) is 15.9. The number of aromatic hydroxyl groups is 1. The summed E-state index contributed by atoms with van der Waals surface area (Å²) in [6.45, 7) is 3.64. The number of halogens is 1. The molecular weight excluding hydrogens is 423 g/mol. The van der Waals surface area contributed by atoms with Crippen LogP contribution in [0.15, 0.2) is 50.4 Å². The first kappa shape index (κ1) is 21.2. The lowest BCUT2D eigenvalue weighted by atomic mass is 9.78. The second kappa shape index (κ2) is 8.05. The molecule has 3 atom stereocenters. The first-order valence-corrected chi connectivity index (χ1v) is 10.9. The number of hydrogen-bond acceptors (Lipinski definition) is 8. The molecule has 4 heterocycles. The third-order valence-electron chi connectivity index (χ3n) is 6.68. The van der Waals surface area contributed by atoms with E-state index in [1.165, 1.54) is 12.1 Å². The van der Waals surface area contributed by atoms with Gasteiger partial charge in [-0.15, -0.1) is 0 Å². The van der Waals surface area contributed by atoms with Crippen molar-refractivity contribution in [2.24, 2.45) is 16.0 Å². The quantitative estimate of drug-likeness (QED) is 0.745. The Kier molecular flexibility index (Phi) is 5.17. The molecule has 3 aliphatic heterocycles. The third kappa shape index (κ3) is 3.56. The van der Waals surface area contributed by atoms with Gasteiger partial charge in [0.2, 0.25) is 0 Å². The maximum Gasteiger partial charge on any atom is 0.195 e. The molecule has 1 saturated heterocycles. The van der Waals surface area contributed by atoms with E-state index in [1.54, 1.807) is 0 Å². The number of likely N-dealkylation sites (N-methyl/N-ethyl adjacent to an activating group) is 1. The number of anilines is 1. The van der Waals surface area contributed by atoms with Crippen LogP contribution in [0.1, 0.15) is 30.6 Å². The molecule has 8 nitrogen and oxygen atoms in total. The second-order valence-electron chi connectivity index (χ2n) is 8.88. The van der Waals surface area contributed by atoms with Crippen molar-refractivity contribution < 1.29 is 13.9 Å². The van der Waals surface area contributed by atoms with Crippen LogP contribution in [0.2, 0.25) is 0 Å². The summed E-state index contributed by atoms with van der Waals surface area (Å²) < 4.78 is 21.1. The highest BCUT2D eigenvalue weighted by molar-refractivity contribution is 6.13. The summed E-state index contributed by atoms with van der Waals surface area (Å²) in [5.41, 5.74) is 4.38. The number of benzene rings is 1. The summed E-state index contributed by atoms with van der Waals surface area (Å²) in [4.78, 5) is 8.98. The van der Waals surface area contributed by atoms with Gasteiger partial charge in [-0.25, -0.2) is 9.38 Å². The average Bonchev–Trinajstić information content (AvgIpc) is 3.52. The molecule has 0 aliphatic carbocycles. The molecule has 0 bridgehead atoms. The zero-order valence-corrected chi connectivity index (χ0v) is 18.7. The molecule has 5 rings (SSSR count). The Morgan fingerprint density at radius 2 is 2.09 bits per heavy atom. The van der Waals surface area contributed by atoms with Crippen molar-refractivity contribution in [3.8, 4) is 11.8 Å². The van der Waals surface area contributed by atoms with Crippen molar-refractivity contribution in [3.05, 3.63) is 53.0 Å². The number of amidine groups is 1. The van der Waals surface area contributed by atoms with Gasteiger partial charge < -0.3 is 19.3 Å². The molecule has 0 saturated carbocycles. The lowest BCUT2D eigenvalue weighted by Gasteiger charge is -2.27. The largest absolute Gasteiger partial charge is 0.508 e.